The lowest BCUT2D eigenvalue weighted by Gasteiger charge is -2.35. The van der Waals surface area contributed by atoms with E-state index >= 15 is 0 Å². The van der Waals surface area contributed by atoms with Gasteiger partial charge in [-0.1, -0.05) is 62.1 Å². The molecule has 3 aliphatic heterocycles. The van der Waals surface area contributed by atoms with Gasteiger partial charge in [0.05, 0.1) is 29.1 Å². The summed E-state index contributed by atoms with van der Waals surface area (Å²) in [6.07, 6.45) is 16.1. The number of carbonyl (C=O) groups excluding carboxylic acids is 1. The number of aryl methyl sites for hydroxylation is 1. The molecule has 1 spiro atoms. The summed E-state index contributed by atoms with van der Waals surface area (Å²) in [6, 6.07) is 9.57. The number of ketones is 1. The molecule has 10 heteroatoms. The van der Waals surface area contributed by atoms with Gasteiger partial charge in [0.25, 0.3) is 0 Å². The van der Waals surface area contributed by atoms with Gasteiger partial charge >= 0.3 is 0 Å². The number of ether oxygens (including phenoxy) is 2. The molecule has 0 amide bonds. The third-order valence-corrected chi connectivity index (χ3v) is 11.6. The SMILES string of the molecule is CCCC(O)CC(O)CC(=O)CCc1ccc2c(c1)OC1C(C#CC(O)c3ccc4c(c3Cc3c[nH]c5cn1cc35)C=CNC4N)C1(C#CO2)CCCC1. The molecule has 4 aliphatic rings. The summed E-state index contributed by atoms with van der Waals surface area (Å²) in [5, 5.41) is 36.6. The van der Waals surface area contributed by atoms with Crippen molar-refractivity contribution in [3.05, 3.63) is 88.5 Å². The van der Waals surface area contributed by atoms with Crippen molar-refractivity contribution in [1.29, 1.82) is 0 Å². The van der Waals surface area contributed by atoms with E-state index in [4.69, 9.17) is 15.2 Å². The van der Waals surface area contributed by atoms with Crippen molar-refractivity contribution in [2.24, 2.45) is 17.1 Å². The van der Waals surface area contributed by atoms with Crippen LogP contribution in [0.15, 0.2) is 55.1 Å². The molecule has 7 N–H and O–H groups in total. The second-order valence-corrected chi connectivity index (χ2v) is 15.4. The van der Waals surface area contributed by atoms with Crippen molar-refractivity contribution in [3.63, 3.8) is 0 Å². The Balaban J connectivity index is 1.16. The van der Waals surface area contributed by atoms with E-state index in [1.807, 2.05) is 55.7 Å². The van der Waals surface area contributed by atoms with Gasteiger partial charge < -0.3 is 45.4 Å². The number of rotatable bonds is 9. The van der Waals surface area contributed by atoms with Gasteiger partial charge in [-0.15, -0.1) is 0 Å². The highest BCUT2D eigenvalue weighted by atomic mass is 16.5. The molecule has 5 heterocycles. The molecular formula is C44H48N4O6. The molecule has 10 nitrogen and oxygen atoms in total. The number of aliphatic hydroxyl groups is 3. The number of aromatic nitrogens is 2. The predicted octanol–water partition coefficient (Wildman–Crippen LogP) is 6.05. The van der Waals surface area contributed by atoms with Crippen LogP contribution in [-0.4, -0.2) is 42.9 Å². The molecule has 1 aliphatic carbocycles. The Bertz CT molecular complexity index is 2210. The van der Waals surface area contributed by atoms with Crippen LogP contribution in [0.25, 0.3) is 17.0 Å². The number of aromatic amines is 1. The molecule has 0 saturated heterocycles. The summed E-state index contributed by atoms with van der Waals surface area (Å²) < 4.78 is 15.2. The van der Waals surface area contributed by atoms with Gasteiger partial charge in [-0.2, -0.15) is 0 Å². The second kappa shape index (κ2) is 15.0. The first-order valence-electron chi connectivity index (χ1n) is 19.3. The summed E-state index contributed by atoms with van der Waals surface area (Å²) in [5.74, 6) is 10.8. The molecule has 2 aromatic carbocycles. The fourth-order valence-corrected chi connectivity index (χ4v) is 8.76. The first kappa shape index (κ1) is 36.0. The minimum Gasteiger partial charge on any atom is -0.465 e. The monoisotopic (exact) mass is 728 g/mol. The number of aliphatic hydroxyl groups excluding tert-OH is 3. The van der Waals surface area contributed by atoms with Gasteiger partial charge in [-0.25, -0.2) is 0 Å². The maximum Gasteiger partial charge on any atom is 0.191 e. The zero-order chi connectivity index (χ0) is 37.4. The van der Waals surface area contributed by atoms with Crippen LogP contribution in [-0.2, 0) is 17.6 Å². The van der Waals surface area contributed by atoms with E-state index in [0.29, 0.717) is 30.8 Å². The highest BCUT2D eigenvalue weighted by Crippen LogP contribution is 2.50. The van der Waals surface area contributed by atoms with Crippen molar-refractivity contribution >= 4 is 22.8 Å². The second-order valence-electron chi connectivity index (χ2n) is 15.4. The maximum atomic E-state index is 12.9. The van der Waals surface area contributed by atoms with Crippen LogP contribution in [0.5, 0.6) is 11.5 Å². The topological polar surface area (TPSA) is 155 Å². The Morgan fingerprint density at radius 1 is 1.09 bits per heavy atom. The highest BCUT2D eigenvalue weighted by molar-refractivity contribution is 5.84. The van der Waals surface area contributed by atoms with Crippen LogP contribution in [0.2, 0.25) is 0 Å². The van der Waals surface area contributed by atoms with Crippen molar-refractivity contribution in [1.82, 2.24) is 14.9 Å². The number of fused-ring (bicyclic) bond motifs is 8. The smallest absolute Gasteiger partial charge is 0.191 e. The molecule has 54 heavy (non-hydrogen) atoms. The Morgan fingerprint density at radius 2 is 1.93 bits per heavy atom. The summed E-state index contributed by atoms with van der Waals surface area (Å²) in [5.41, 5.74) is 12.5. The van der Waals surface area contributed by atoms with Crippen LogP contribution in [0.3, 0.4) is 0 Å². The highest BCUT2D eigenvalue weighted by Gasteiger charge is 2.46. The van der Waals surface area contributed by atoms with Crippen LogP contribution < -0.4 is 20.5 Å². The average molecular weight is 729 g/mol. The Kier molecular flexibility index (Phi) is 10.0. The average Bonchev–Trinajstić information content (AvgIpc) is 3.89. The number of Topliss-reactive ketones (excluding diaryl/α,β-unsaturated/α-hetero) is 1. The van der Waals surface area contributed by atoms with Crippen molar-refractivity contribution in [2.75, 3.05) is 0 Å². The van der Waals surface area contributed by atoms with Crippen LogP contribution in [0.1, 0.15) is 117 Å². The Morgan fingerprint density at radius 3 is 2.76 bits per heavy atom. The number of nitrogens with zero attached hydrogens (tertiary/aromatic N) is 1. The van der Waals surface area contributed by atoms with Crippen LogP contribution in [0, 0.1) is 35.2 Å². The lowest BCUT2D eigenvalue weighted by molar-refractivity contribution is -0.121. The van der Waals surface area contributed by atoms with Gasteiger partial charge in [-0.3, -0.25) is 4.79 Å². The van der Waals surface area contributed by atoms with Crippen molar-refractivity contribution in [3.8, 4) is 35.4 Å². The van der Waals surface area contributed by atoms with Crippen LogP contribution in [0.4, 0.5) is 0 Å². The van der Waals surface area contributed by atoms with E-state index in [0.717, 1.165) is 76.4 Å². The van der Waals surface area contributed by atoms with E-state index in [9.17, 15) is 20.1 Å². The van der Waals surface area contributed by atoms with Gasteiger partial charge in [0.2, 0.25) is 0 Å². The molecule has 6 unspecified atom stereocenters. The molecule has 2 aromatic heterocycles. The van der Waals surface area contributed by atoms with E-state index < -0.39 is 35.9 Å². The van der Waals surface area contributed by atoms with E-state index in [1.54, 1.807) is 0 Å². The maximum absolute atomic E-state index is 12.9. The number of nitrogens with one attached hydrogen (secondary N) is 2. The quantitative estimate of drug-likeness (QED) is 0.114. The minimum absolute atomic E-state index is 0.00837. The predicted molar refractivity (Wildman–Crippen MR) is 206 cm³/mol. The molecule has 6 atom stereocenters. The lowest BCUT2D eigenvalue weighted by atomic mass is 9.73. The fourth-order valence-electron chi connectivity index (χ4n) is 8.76. The van der Waals surface area contributed by atoms with Crippen molar-refractivity contribution < 1.29 is 29.6 Å². The zero-order valence-corrected chi connectivity index (χ0v) is 30.6. The third kappa shape index (κ3) is 7.03. The van der Waals surface area contributed by atoms with E-state index in [2.05, 4.69) is 51.1 Å². The molecule has 1 fully saturated rings. The van der Waals surface area contributed by atoms with Gasteiger partial charge in [0, 0.05) is 43.2 Å². The third-order valence-electron chi connectivity index (χ3n) is 11.6. The summed E-state index contributed by atoms with van der Waals surface area (Å²) in [7, 11) is 0. The van der Waals surface area contributed by atoms with Gasteiger partial charge in [0.15, 0.2) is 17.7 Å². The van der Waals surface area contributed by atoms with E-state index in [-0.39, 0.29) is 31.2 Å². The summed E-state index contributed by atoms with van der Waals surface area (Å²) in [6.45, 7) is 1.98. The zero-order valence-electron chi connectivity index (χ0n) is 30.6. The molecule has 1 saturated carbocycles. The number of nitrogens with two attached hydrogens (primary N) is 1. The fraction of sp³-hybridized carbons (Fsp3) is 0.432. The molecule has 0 radical (unpaired) electrons. The Labute approximate surface area is 315 Å². The standard InChI is InChI=1S/C44H48N4O6/c1-2-5-29(49)22-31(51)23-30(50)8-6-27-7-13-40-41(20-27)54-43-37(44(17-19-53-40)15-3-4-16-44)11-12-39(52)33-9-10-34-32(14-18-46-42(34)45)35(33)21-28-24-47-38-26-48(43)25-36(28)38/h7,9-10,13-14,18,20,24-26,29,31,37,39,42-43,46-47,49,51-52H,2-6,8,15-16,21-23,45H2,1H3. The molecular weight excluding hydrogens is 681 g/mol. The number of carbonyl (C=O) groups is 1. The first-order valence-corrected chi connectivity index (χ1v) is 19.3. The number of benzene rings is 2. The molecule has 280 valence electrons. The summed E-state index contributed by atoms with van der Waals surface area (Å²) in [4.78, 5) is 16.3. The molecule has 2 bridgehead atoms. The summed E-state index contributed by atoms with van der Waals surface area (Å²) >= 11 is 0. The normalized spacial score (nSPS) is 23.1. The number of hydrogen-bond acceptors (Lipinski definition) is 8. The van der Waals surface area contributed by atoms with Crippen molar-refractivity contribution in [2.45, 2.75) is 108 Å². The molecule has 4 aromatic rings. The first-order chi connectivity index (χ1) is 26.2. The number of H-pyrrole nitrogens is 1. The largest absolute Gasteiger partial charge is 0.465 e. The molecule has 8 rings (SSSR count). The lowest BCUT2D eigenvalue weighted by Crippen LogP contribution is -2.35. The van der Waals surface area contributed by atoms with Gasteiger partial charge in [0.1, 0.15) is 24.2 Å². The Hall–Kier alpha value is -4.97. The number of hydrogen-bond donors (Lipinski definition) is 6. The van der Waals surface area contributed by atoms with E-state index in [1.165, 1.54) is 0 Å². The van der Waals surface area contributed by atoms with Gasteiger partial charge in [-0.05, 0) is 89.9 Å². The van der Waals surface area contributed by atoms with Crippen LogP contribution >= 0.6 is 0 Å². The minimum atomic E-state index is -1.06.